The third-order valence-electron chi connectivity index (χ3n) is 7.32. The van der Waals surface area contributed by atoms with E-state index in [1.165, 1.54) is 45.5 Å². The van der Waals surface area contributed by atoms with Crippen molar-refractivity contribution in [3.63, 3.8) is 0 Å². The fourth-order valence-electron chi connectivity index (χ4n) is 5.18. The van der Waals surface area contributed by atoms with Crippen LogP contribution in [0.3, 0.4) is 0 Å². The number of aryl methyl sites for hydroxylation is 1. The van der Waals surface area contributed by atoms with Crippen LogP contribution in [0.2, 0.25) is 0 Å². The van der Waals surface area contributed by atoms with Gasteiger partial charge in [-0.25, -0.2) is 0 Å². The summed E-state index contributed by atoms with van der Waals surface area (Å²) in [7, 11) is 1.97. The Bertz CT molecular complexity index is 1300. The van der Waals surface area contributed by atoms with Gasteiger partial charge in [-0.05, 0) is 67.4 Å². The van der Waals surface area contributed by atoms with Gasteiger partial charge in [-0.3, -0.25) is 4.79 Å². The van der Waals surface area contributed by atoms with Crippen LogP contribution in [0.4, 0.5) is 5.00 Å². The number of fused-ring (bicyclic) bond motifs is 2. The lowest BCUT2D eigenvalue weighted by Gasteiger charge is -2.33. The molecule has 0 bridgehead atoms. The Hall–Kier alpha value is -2.15. The SMILES string of the molecule is Cn1c(SCC(=O)Nc2sc3c(c2C#N)CCC(C(C)(C)C)C3)nnc1-c1csc2c1CCCC2. The summed E-state index contributed by atoms with van der Waals surface area (Å²) in [5, 5.41) is 25.3. The summed E-state index contributed by atoms with van der Waals surface area (Å²) in [4.78, 5) is 15.6. The molecule has 3 aromatic rings. The van der Waals surface area contributed by atoms with Crippen molar-refractivity contribution in [1.29, 1.82) is 5.26 Å². The molecular formula is C26H31N5OS3. The Kier molecular flexibility index (Phi) is 6.81. The molecule has 2 aliphatic rings. The number of nitriles is 1. The van der Waals surface area contributed by atoms with Crippen molar-refractivity contribution in [2.75, 3.05) is 11.1 Å². The van der Waals surface area contributed by atoms with Gasteiger partial charge in [0.05, 0.1) is 11.3 Å². The van der Waals surface area contributed by atoms with Crippen LogP contribution in [0.1, 0.15) is 66.5 Å². The molecule has 2 aliphatic carbocycles. The maximum Gasteiger partial charge on any atom is 0.235 e. The first-order chi connectivity index (χ1) is 16.8. The molecule has 1 amide bonds. The number of amides is 1. The first-order valence-corrected chi connectivity index (χ1v) is 14.9. The van der Waals surface area contributed by atoms with Crippen molar-refractivity contribution in [2.24, 2.45) is 18.4 Å². The van der Waals surface area contributed by atoms with E-state index >= 15 is 0 Å². The van der Waals surface area contributed by atoms with Crippen LogP contribution < -0.4 is 5.32 Å². The molecule has 5 rings (SSSR count). The highest BCUT2D eigenvalue weighted by atomic mass is 32.2. The molecule has 184 valence electrons. The zero-order valence-corrected chi connectivity index (χ0v) is 23.2. The fourth-order valence-corrected chi connectivity index (χ4v) is 8.31. The molecule has 9 heteroatoms. The molecule has 3 heterocycles. The van der Waals surface area contributed by atoms with Crippen LogP contribution in [-0.2, 0) is 37.5 Å². The molecule has 3 aromatic heterocycles. The Morgan fingerprint density at radius 3 is 2.80 bits per heavy atom. The molecule has 0 spiro atoms. The topological polar surface area (TPSA) is 83.6 Å². The average Bonchev–Trinajstić information content (AvgIpc) is 3.51. The maximum atomic E-state index is 12.8. The predicted molar refractivity (Wildman–Crippen MR) is 144 cm³/mol. The van der Waals surface area contributed by atoms with Crippen molar-refractivity contribution >= 4 is 45.3 Å². The summed E-state index contributed by atoms with van der Waals surface area (Å²) < 4.78 is 1.99. The van der Waals surface area contributed by atoms with Crippen molar-refractivity contribution in [2.45, 2.75) is 70.9 Å². The van der Waals surface area contributed by atoms with Gasteiger partial charge >= 0.3 is 0 Å². The third-order valence-corrected chi connectivity index (χ3v) is 10.6. The Morgan fingerprint density at radius 1 is 1.23 bits per heavy atom. The first-order valence-electron chi connectivity index (χ1n) is 12.2. The number of thiophene rings is 2. The number of anilines is 1. The highest BCUT2D eigenvalue weighted by Crippen LogP contribution is 2.44. The van der Waals surface area contributed by atoms with Crippen LogP contribution in [0.25, 0.3) is 11.4 Å². The summed E-state index contributed by atoms with van der Waals surface area (Å²) in [6, 6.07) is 2.35. The number of hydrogen-bond acceptors (Lipinski definition) is 7. The van der Waals surface area contributed by atoms with Gasteiger partial charge in [-0.15, -0.1) is 32.9 Å². The van der Waals surface area contributed by atoms with Crippen molar-refractivity contribution in [3.05, 3.63) is 31.8 Å². The van der Waals surface area contributed by atoms with Crippen LogP contribution in [-0.4, -0.2) is 26.4 Å². The number of nitrogens with one attached hydrogen (secondary N) is 1. The summed E-state index contributed by atoms with van der Waals surface area (Å²) in [6.45, 7) is 6.85. The number of nitrogens with zero attached hydrogens (tertiary/aromatic N) is 4. The van der Waals surface area contributed by atoms with Gasteiger partial charge in [0, 0.05) is 27.7 Å². The van der Waals surface area contributed by atoms with E-state index < -0.39 is 0 Å². The summed E-state index contributed by atoms with van der Waals surface area (Å²) in [5.74, 6) is 1.58. The minimum absolute atomic E-state index is 0.116. The maximum absolute atomic E-state index is 12.8. The van der Waals surface area contributed by atoms with Crippen LogP contribution in [0.15, 0.2) is 10.5 Å². The van der Waals surface area contributed by atoms with Gasteiger partial charge in [0.15, 0.2) is 11.0 Å². The lowest BCUT2D eigenvalue weighted by atomic mass is 9.72. The van der Waals surface area contributed by atoms with E-state index in [9.17, 15) is 10.1 Å². The van der Waals surface area contributed by atoms with Gasteiger partial charge in [0.1, 0.15) is 11.1 Å². The van der Waals surface area contributed by atoms with Crippen molar-refractivity contribution in [3.8, 4) is 17.5 Å². The smallest absolute Gasteiger partial charge is 0.235 e. The van der Waals surface area contributed by atoms with Crippen molar-refractivity contribution < 1.29 is 4.79 Å². The van der Waals surface area contributed by atoms with Gasteiger partial charge in [0.2, 0.25) is 5.91 Å². The number of carbonyl (C=O) groups is 1. The second-order valence-corrected chi connectivity index (χ2v) is 13.6. The molecule has 1 atom stereocenters. The van der Waals surface area contributed by atoms with Crippen molar-refractivity contribution in [1.82, 2.24) is 14.8 Å². The number of thioether (sulfide) groups is 1. The molecular weight excluding hydrogens is 495 g/mol. The second-order valence-electron chi connectivity index (χ2n) is 10.6. The van der Waals surface area contributed by atoms with E-state index in [0.29, 0.717) is 16.5 Å². The molecule has 0 aliphatic heterocycles. The molecule has 1 unspecified atom stereocenters. The molecule has 0 fully saturated rings. The minimum atomic E-state index is -0.116. The molecule has 1 N–H and O–H groups in total. The summed E-state index contributed by atoms with van der Waals surface area (Å²) >= 11 is 4.79. The van der Waals surface area contributed by atoms with Gasteiger partial charge in [-0.1, -0.05) is 32.5 Å². The lowest BCUT2D eigenvalue weighted by Crippen LogP contribution is -2.26. The van der Waals surface area contributed by atoms with E-state index in [-0.39, 0.29) is 17.1 Å². The predicted octanol–water partition coefficient (Wildman–Crippen LogP) is 6.24. The Balaban J connectivity index is 1.26. The first kappa shape index (κ1) is 24.5. The zero-order chi connectivity index (χ0) is 24.7. The molecule has 0 saturated heterocycles. The van der Waals surface area contributed by atoms with Gasteiger partial charge in [0.25, 0.3) is 0 Å². The van der Waals surface area contributed by atoms with Crippen LogP contribution in [0.5, 0.6) is 0 Å². The molecule has 0 aromatic carbocycles. The summed E-state index contributed by atoms with van der Waals surface area (Å²) in [5.41, 5.74) is 4.64. The monoisotopic (exact) mass is 525 g/mol. The third kappa shape index (κ3) is 4.81. The van der Waals surface area contributed by atoms with E-state index in [1.54, 1.807) is 11.3 Å². The molecule has 0 saturated carbocycles. The van der Waals surface area contributed by atoms with E-state index in [1.807, 2.05) is 23.0 Å². The summed E-state index contributed by atoms with van der Waals surface area (Å²) in [6.07, 6.45) is 7.74. The standard InChI is InChI=1S/C26H31N5OS3/c1-26(2,3)15-9-10-17-18(12-27)24(35-21(17)11-15)28-22(32)14-34-25-30-29-23(31(25)4)19-13-33-20-8-6-5-7-16(19)20/h13,15H,5-11,14H2,1-4H3,(H,28,32). The Morgan fingerprint density at radius 2 is 2.03 bits per heavy atom. The molecule has 35 heavy (non-hydrogen) atoms. The minimum Gasteiger partial charge on any atom is -0.316 e. The highest BCUT2D eigenvalue weighted by Gasteiger charge is 2.32. The fraction of sp³-hybridized carbons (Fsp3) is 0.538. The Labute approximate surface area is 219 Å². The van der Waals surface area contributed by atoms with E-state index in [4.69, 9.17) is 0 Å². The zero-order valence-electron chi connectivity index (χ0n) is 20.7. The van der Waals surface area contributed by atoms with E-state index in [0.717, 1.165) is 48.6 Å². The van der Waals surface area contributed by atoms with Crippen LogP contribution in [0, 0.1) is 22.7 Å². The molecule has 0 radical (unpaired) electrons. The lowest BCUT2D eigenvalue weighted by molar-refractivity contribution is -0.113. The highest BCUT2D eigenvalue weighted by molar-refractivity contribution is 7.99. The quantitative estimate of drug-likeness (QED) is 0.399. The van der Waals surface area contributed by atoms with Gasteiger partial charge < -0.3 is 9.88 Å². The number of hydrogen-bond donors (Lipinski definition) is 1. The number of aromatic nitrogens is 3. The second kappa shape index (κ2) is 9.72. The van der Waals surface area contributed by atoms with Gasteiger partial charge in [-0.2, -0.15) is 5.26 Å². The van der Waals surface area contributed by atoms with E-state index in [2.05, 4.69) is 47.7 Å². The molecule has 6 nitrogen and oxygen atoms in total. The number of rotatable bonds is 5. The number of carbonyl (C=O) groups excluding carboxylic acids is 1. The largest absolute Gasteiger partial charge is 0.316 e. The van der Waals surface area contributed by atoms with Crippen LogP contribution >= 0.6 is 34.4 Å². The average molecular weight is 526 g/mol. The normalized spacial score (nSPS) is 17.5.